The van der Waals surface area contributed by atoms with E-state index >= 15 is 0 Å². The highest BCUT2D eigenvalue weighted by atomic mass is 16.3. The Labute approximate surface area is 204 Å². The average molecular weight is 480 g/mol. The monoisotopic (exact) mass is 480 g/mol. The number of rotatable bonds is 4. The maximum Gasteiger partial charge on any atom is 0.274 e. The van der Waals surface area contributed by atoms with Crippen molar-refractivity contribution in [3.05, 3.63) is 94.4 Å². The number of aryl methyl sites for hydroxylation is 1. The predicted molar refractivity (Wildman–Crippen MR) is 131 cm³/mol. The largest absolute Gasteiger partial charge is 0.445 e. The summed E-state index contributed by atoms with van der Waals surface area (Å²) in [6.07, 6.45) is 7.55. The van der Waals surface area contributed by atoms with Crippen LogP contribution in [0.15, 0.2) is 70.6 Å². The number of nitrogens with zero attached hydrogens (tertiary/aromatic N) is 6. The van der Waals surface area contributed by atoms with E-state index in [2.05, 4.69) is 37.2 Å². The standard InChI is InChI=1S/C25H20N8O3/c1-15(30-23(34)20-21(26)28-11-10-27-20)22-31-24-19(25(35)33(22)18-6-4-3-5-7-18)17(14-36-24)9-8-16-12-29-32(2)13-16/h3-7,10-15H,1-2H3,(H2,26,28)(H,30,34)/t15-/m0/s1. The van der Waals surface area contributed by atoms with Crippen LogP contribution in [-0.4, -0.2) is 35.2 Å². The number of hydrogen-bond acceptors (Lipinski definition) is 8. The number of carbonyl (C=O) groups excluding carboxylic acids is 1. The number of nitrogen functional groups attached to an aromatic ring is 1. The second-order valence-electron chi connectivity index (χ2n) is 7.91. The minimum absolute atomic E-state index is 0.00562. The van der Waals surface area contributed by atoms with Crippen LogP contribution in [0.25, 0.3) is 16.8 Å². The summed E-state index contributed by atoms with van der Waals surface area (Å²) in [6.45, 7) is 1.70. The molecule has 0 saturated carbocycles. The molecule has 0 aliphatic carbocycles. The highest BCUT2D eigenvalue weighted by Crippen LogP contribution is 2.21. The van der Waals surface area contributed by atoms with E-state index in [9.17, 15) is 9.59 Å². The molecule has 3 N–H and O–H groups in total. The zero-order chi connectivity index (χ0) is 25.2. The summed E-state index contributed by atoms with van der Waals surface area (Å²) in [5.41, 5.74) is 7.15. The number of amides is 1. The first-order valence-corrected chi connectivity index (χ1v) is 10.9. The lowest BCUT2D eigenvalue weighted by molar-refractivity contribution is 0.0933. The molecule has 1 amide bonds. The van der Waals surface area contributed by atoms with Crippen LogP contribution in [0, 0.1) is 11.8 Å². The summed E-state index contributed by atoms with van der Waals surface area (Å²) in [6, 6.07) is 8.27. The van der Waals surface area contributed by atoms with Crippen molar-refractivity contribution in [2.45, 2.75) is 13.0 Å². The van der Waals surface area contributed by atoms with Gasteiger partial charge in [0.1, 0.15) is 17.5 Å². The van der Waals surface area contributed by atoms with Crippen LogP contribution in [0.1, 0.15) is 40.4 Å². The van der Waals surface area contributed by atoms with Gasteiger partial charge in [-0.2, -0.15) is 10.1 Å². The molecule has 11 heteroatoms. The predicted octanol–water partition coefficient (Wildman–Crippen LogP) is 1.98. The van der Waals surface area contributed by atoms with E-state index in [0.717, 1.165) is 0 Å². The van der Waals surface area contributed by atoms with Crippen molar-refractivity contribution in [1.29, 1.82) is 0 Å². The smallest absolute Gasteiger partial charge is 0.274 e. The van der Waals surface area contributed by atoms with Gasteiger partial charge < -0.3 is 15.5 Å². The molecule has 1 atom stereocenters. The Hall–Kier alpha value is -5.24. The summed E-state index contributed by atoms with van der Waals surface area (Å²) in [7, 11) is 1.79. The molecule has 0 aliphatic rings. The first kappa shape index (κ1) is 22.5. The molecule has 0 bridgehead atoms. The van der Waals surface area contributed by atoms with Crippen LogP contribution in [0.2, 0.25) is 0 Å². The number of carbonyl (C=O) groups is 1. The lowest BCUT2D eigenvalue weighted by atomic mass is 10.2. The van der Waals surface area contributed by atoms with Gasteiger partial charge in [-0.25, -0.2) is 9.97 Å². The van der Waals surface area contributed by atoms with Crippen LogP contribution in [0.4, 0.5) is 5.82 Å². The zero-order valence-corrected chi connectivity index (χ0v) is 19.3. The van der Waals surface area contributed by atoms with Crippen molar-refractivity contribution >= 4 is 22.8 Å². The van der Waals surface area contributed by atoms with Gasteiger partial charge in [0.2, 0.25) is 5.71 Å². The fraction of sp³-hybridized carbons (Fsp3) is 0.120. The number of anilines is 1. The van der Waals surface area contributed by atoms with E-state index in [1.807, 2.05) is 6.07 Å². The van der Waals surface area contributed by atoms with Crippen molar-refractivity contribution in [3.63, 3.8) is 0 Å². The van der Waals surface area contributed by atoms with Crippen molar-refractivity contribution < 1.29 is 9.21 Å². The van der Waals surface area contributed by atoms with Crippen LogP contribution in [0.5, 0.6) is 0 Å². The molecule has 0 fully saturated rings. The fourth-order valence-electron chi connectivity index (χ4n) is 3.69. The van der Waals surface area contributed by atoms with Crippen LogP contribution in [-0.2, 0) is 7.05 Å². The van der Waals surface area contributed by atoms with Crippen LogP contribution < -0.4 is 16.6 Å². The molecule has 0 spiro atoms. The van der Waals surface area contributed by atoms with Gasteiger partial charge in [0.25, 0.3) is 11.5 Å². The second kappa shape index (κ2) is 9.19. The lowest BCUT2D eigenvalue weighted by Gasteiger charge is -2.18. The van der Waals surface area contributed by atoms with E-state index in [1.165, 1.54) is 23.2 Å². The number of furan rings is 1. The Morgan fingerprint density at radius 1 is 1.17 bits per heavy atom. The molecular formula is C25H20N8O3. The molecule has 36 heavy (non-hydrogen) atoms. The fourth-order valence-corrected chi connectivity index (χ4v) is 3.69. The average Bonchev–Trinajstić information content (AvgIpc) is 3.49. The summed E-state index contributed by atoms with van der Waals surface area (Å²) in [4.78, 5) is 39.1. The van der Waals surface area contributed by atoms with Crippen molar-refractivity contribution in [3.8, 4) is 17.5 Å². The summed E-state index contributed by atoms with van der Waals surface area (Å²) in [5, 5.41) is 7.11. The Morgan fingerprint density at radius 2 is 1.94 bits per heavy atom. The SMILES string of the molecule is C[C@H](NC(=O)c1nccnc1N)c1nc2occ(C#Cc3cnn(C)c3)c2c(=O)n1-c1ccccc1. The first-order chi connectivity index (χ1) is 17.4. The third-order valence-corrected chi connectivity index (χ3v) is 5.37. The third kappa shape index (κ3) is 4.19. The molecule has 4 heterocycles. The van der Waals surface area contributed by atoms with E-state index in [1.54, 1.807) is 55.3 Å². The Balaban J connectivity index is 1.62. The topological polar surface area (TPSA) is 147 Å². The highest BCUT2D eigenvalue weighted by molar-refractivity contribution is 5.96. The van der Waals surface area contributed by atoms with Gasteiger partial charge in [0.15, 0.2) is 11.5 Å². The molecule has 0 saturated heterocycles. The Morgan fingerprint density at radius 3 is 2.67 bits per heavy atom. The van der Waals surface area contributed by atoms with E-state index < -0.39 is 11.9 Å². The molecule has 178 valence electrons. The van der Waals surface area contributed by atoms with Gasteiger partial charge in [0, 0.05) is 25.6 Å². The summed E-state index contributed by atoms with van der Waals surface area (Å²) < 4.78 is 8.68. The van der Waals surface area contributed by atoms with Crippen LogP contribution in [0.3, 0.4) is 0 Å². The molecule has 0 unspecified atom stereocenters. The molecule has 1 aromatic carbocycles. The molecule has 11 nitrogen and oxygen atoms in total. The third-order valence-electron chi connectivity index (χ3n) is 5.37. The van der Waals surface area contributed by atoms with Gasteiger partial charge in [-0.1, -0.05) is 30.0 Å². The number of aromatic nitrogens is 6. The van der Waals surface area contributed by atoms with E-state index in [4.69, 9.17) is 10.2 Å². The molecule has 5 rings (SSSR count). The molecule has 0 radical (unpaired) electrons. The number of nitrogens with two attached hydrogens (primary N) is 1. The maximum absolute atomic E-state index is 13.8. The summed E-state index contributed by atoms with van der Waals surface area (Å²) >= 11 is 0. The zero-order valence-electron chi connectivity index (χ0n) is 19.3. The van der Waals surface area contributed by atoms with Gasteiger partial charge >= 0.3 is 0 Å². The van der Waals surface area contributed by atoms with E-state index in [0.29, 0.717) is 16.8 Å². The van der Waals surface area contributed by atoms with Crippen molar-refractivity contribution in [1.82, 2.24) is 34.6 Å². The maximum atomic E-state index is 13.8. The van der Waals surface area contributed by atoms with Gasteiger partial charge in [0.05, 0.1) is 29.1 Å². The second-order valence-corrected chi connectivity index (χ2v) is 7.91. The van der Waals surface area contributed by atoms with Crippen LogP contribution >= 0.6 is 0 Å². The minimum Gasteiger partial charge on any atom is -0.445 e. The summed E-state index contributed by atoms with van der Waals surface area (Å²) in [5.74, 6) is 5.66. The number of nitrogens with one attached hydrogen (secondary N) is 1. The molecule has 4 aromatic heterocycles. The highest BCUT2D eigenvalue weighted by Gasteiger charge is 2.24. The van der Waals surface area contributed by atoms with Gasteiger partial charge in [-0.05, 0) is 19.1 Å². The number of benzene rings is 1. The minimum atomic E-state index is -0.716. The number of fused-ring (bicyclic) bond motifs is 1. The number of para-hydroxylation sites is 1. The van der Waals surface area contributed by atoms with Gasteiger partial charge in [-0.3, -0.25) is 18.8 Å². The Bertz CT molecular complexity index is 1710. The molecule has 0 aliphatic heterocycles. The van der Waals surface area contributed by atoms with Gasteiger partial charge in [-0.15, -0.1) is 0 Å². The quantitative estimate of drug-likeness (QED) is 0.371. The molecule has 5 aromatic rings. The van der Waals surface area contributed by atoms with Crippen molar-refractivity contribution in [2.75, 3.05) is 5.73 Å². The first-order valence-electron chi connectivity index (χ1n) is 10.9. The van der Waals surface area contributed by atoms with Crippen molar-refractivity contribution in [2.24, 2.45) is 7.05 Å². The lowest BCUT2D eigenvalue weighted by Crippen LogP contribution is -2.34. The Kier molecular flexibility index (Phi) is 5.75. The van der Waals surface area contributed by atoms with E-state index in [-0.39, 0.29) is 34.0 Å². The number of hydrogen-bond donors (Lipinski definition) is 2. The molecular weight excluding hydrogens is 460 g/mol. The normalized spacial score (nSPS) is 11.6.